The van der Waals surface area contributed by atoms with Gasteiger partial charge in [0.15, 0.2) is 0 Å². The monoisotopic (exact) mass is 208 g/mol. The molecule has 0 aliphatic heterocycles. The molecule has 0 aliphatic rings. The molecule has 0 saturated heterocycles. The third kappa shape index (κ3) is 5.50. The summed E-state index contributed by atoms with van der Waals surface area (Å²) in [5.74, 6) is 0. The van der Waals surface area contributed by atoms with Crippen LogP contribution in [0.4, 0.5) is 0 Å². The first-order valence-corrected chi connectivity index (χ1v) is 5.44. The van der Waals surface area contributed by atoms with Crippen LogP contribution in [0.2, 0.25) is 0 Å². The molecule has 0 radical (unpaired) electrons. The van der Waals surface area contributed by atoms with E-state index < -0.39 is 0 Å². The van der Waals surface area contributed by atoms with Crippen LogP contribution in [0, 0.1) is 0 Å². The Morgan fingerprint density at radius 3 is 3.07 bits per heavy atom. The lowest BCUT2D eigenvalue weighted by atomic mass is 10.2. The summed E-state index contributed by atoms with van der Waals surface area (Å²) in [5.41, 5.74) is 1.28. The molecule has 84 valence electrons. The first kappa shape index (κ1) is 12.1. The molecule has 1 N–H and O–H groups in total. The third-order valence-electron chi connectivity index (χ3n) is 2.38. The number of ether oxygens (including phenoxy) is 1. The Hall–Kier alpha value is -0.930. The Balaban J connectivity index is 2.11. The molecule has 1 heterocycles. The van der Waals surface area contributed by atoms with Crippen molar-refractivity contribution in [2.45, 2.75) is 25.8 Å². The minimum atomic E-state index is 0.515. The van der Waals surface area contributed by atoms with Crippen LogP contribution in [0.3, 0.4) is 0 Å². The number of nitrogens with one attached hydrogen (secondary N) is 1. The summed E-state index contributed by atoms with van der Waals surface area (Å²) >= 11 is 0. The van der Waals surface area contributed by atoms with E-state index in [1.165, 1.54) is 5.56 Å². The first-order chi connectivity index (χ1) is 7.33. The van der Waals surface area contributed by atoms with E-state index >= 15 is 0 Å². The Morgan fingerprint density at radius 1 is 1.53 bits per heavy atom. The second-order valence-corrected chi connectivity index (χ2v) is 3.75. The molecule has 0 bridgehead atoms. The highest BCUT2D eigenvalue weighted by molar-refractivity contribution is 5.08. The van der Waals surface area contributed by atoms with E-state index in [0.717, 1.165) is 26.0 Å². The summed E-state index contributed by atoms with van der Waals surface area (Å²) in [7, 11) is 1.74. The molecule has 15 heavy (non-hydrogen) atoms. The van der Waals surface area contributed by atoms with Crippen molar-refractivity contribution in [2.24, 2.45) is 0 Å². The van der Waals surface area contributed by atoms with Gasteiger partial charge < -0.3 is 10.1 Å². The minimum Gasteiger partial charge on any atom is -0.385 e. The fourth-order valence-corrected chi connectivity index (χ4v) is 1.41. The predicted molar refractivity (Wildman–Crippen MR) is 61.9 cm³/mol. The first-order valence-electron chi connectivity index (χ1n) is 5.44. The second kappa shape index (κ2) is 7.37. The number of hydrogen-bond donors (Lipinski definition) is 1. The molecule has 1 rings (SSSR count). The van der Waals surface area contributed by atoms with Crippen LogP contribution in [0.15, 0.2) is 24.5 Å². The van der Waals surface area contributed by atoms with Gasteiger partial charge >= 0.3 is 0 Å². The van der Waals surface area contributed by atoms with Gasteiger partial charge in [-0.05, 0) is 37.9 Å². The predicted octanol–water partition coefficient (Wildman–Crippen LogP) is 1.64. The van der Waals surface area contributed by atoms with Gasteiger partial charge in [-0.3, -0.25) is 4.98 Å². The highest BCUT2D eigenvalue weighted by atomic mass is 16.5. The fraction of sp³-hybridized carbons (Fsp3) is 0.583. The van der Waals surface area contributed by atoms with Crippen molar-refractivity contribution in [1.82, 2.24) is 10.3 Å². The largest absolute Gasteiger partial charge is 0.385 e. The van der Waals surface area contributed by atoms with E-state index in [0.29, 0.717) is 6.04 Å². The van der Waals surface area contributed by atoms with Gasteiger partial charge in [0.1, 0.15) is 0 Å². The Labute approximate surface area is 91.9 Å². The normalized spacial score (nSPS) is 12.7. The summed E-state index contributed by atoms with van der Waals surface area (Å²) in [4.78, 5) is 4.08. The number of rotatable bonds is 7. The van der Waals surface area contributed by atoms with Crippen molar-refractivity contribution in [3.05, 3.63) is 30.1 Å². The molecule has 0 spiro atoms. The molecule has 3 nitrogen and oxygen atoms in total. The van der Waals surface area contributed by atoms with Gasteiger partial charge in [0, 0.05) is 32.2 Å². The van der Waals surface area contributed by atoms with E-state index in [9.17, 15) is 0 Å². The highest BCUT2D eigenvalue weighted by Gasteiger charge is 2.00. The zero-order valence-electron chi connectivity index (χ0n) is 9.57. The van der Waals surface area contributed by atoms with E-state index in [-0.39, 0.29) is 0 Å². The molecule has 0 fully saturated rings. The lowest BCUT2D eigenvalue weighted by Gasteiger charge is -2.12. The number of aromatic nitrogens is 1. The molecule has 3 heteroatoms. The van der Waals surface area contributed by atoms with Crippen LogP contribution >= 0.6 is 0 Å². The molecule has 0 aromatic carbocycles. The minimum absolute atomic E-state index is 0.515. The summed E-state index contributed by atoms with van der Waals surface area (Å²) in [6, 6.07) is 4.60. The average molecular weight is 208 g/mol. The maximum Gasteiger partial charge on any atom is 0.0476 e. The zero-order chi connectivity index (χ0) is 10.9. The molecule has 0 amide bonds. The second-order valence-electron chi connectivity index (χ2n) is 3.75. The molecule has 1 unspecified atom stereocenters. The summed E-state index contributed by atoms with van der Waals surface area (Å²) in [6.07, 6.45) is 5.81. The van der Waals surface area contributed by atoms with Gasteiger partial charge in [0.05, 0.1) is 0 Å². The van der Waals surface area contributed by atoms with Gasteiger partial charge in [-0.2, -0.15) is 0 Å². The van der Waals surface area contributed by atoms with Crippen LogP contribution in [-0.4, -0.2) is 31.3 Å². The van der Waals surface area contributed by atoms with Crippen LogP contribution < -0.4 is 5.32 Å². The van der Waals surface area contributed by atoms with Crippen LogP contribution in [0.25, 0.3) is 0 Å². The van der Waals surface area contributed by atoms with Crippen LogP contribution in [0.5, 0.6) is 0 Å². The Morgan fingerprint density at radius 2 is 2.40 bits per heavy atom. The lowest BCUT2D eigenvalue weighted by molar-refractivity contribution is 0.185. The van der Waals surface area contributed by atoms with Crippen molar-refractivity contribution in [1.29, 1.82) is 0 Å². The molecule has 1 aromatic heterocycles. The molecule has 1 aromatic rings. The third-order valence-corrected chi connectivity index (χ3v) is 2.38. The number of hydrogen-bond acceptors (Lipinski definition) is 3. The van der Waals surface area contributed by atoms with Crippen molar-refractivity contribution in [2.75, 3.05) is 20.3 Å². The SMILES string of the molecule is COCCC(C)NCCc1cccnc1. The van der Waals surface area contributed by atoms with Gasteiger partial charge in [0.2, 0.25) is 0 Å². The molecule has 1 atom stereocenters. The van der Waals surface area contributed by atoms with Crippen molar-refractivity contribution >= 4 is 0 Å². The van der Waals surface area contributed by atoms with Gasteiger partial charge in [-0.15, -0.1) is 0 Å². The topological polar surface area (TPSA) is 34.1 Å². The highest BCUT2D eigenvalue weighted by Crippen LogP contribution is 1.97. The average Bonchev–Trinajstić information content (AvgIpc) is 2.28. The lowest BCUT2D eigenvalue weighted by Crippen LogP contribution is -2.29. The van der Waals surface area contributed by atoms with Crippen molar-refractivity contribution < 1.29 is 4.74 Å². The zero-order valence-corrected chi connectivity index (χ0v) is 9.57. The Bertz CT molecular complexity index is 251. The number of nitrogens with zero attached hydrogens (tertiary/aromatic N) is 1. The van der Waals surface area contributed by atoms with E-state index in [1.807, 2.05) is 12.3 Å². The summed E-state index contributed by atoms with van der Waals surface area (Å²) in [6.45, 7) is 4.00. The Kier molecular flexibility index (Phi) is 5.97. The maximum absolute atomic E-state index is 5.03. The van der Waals surface area contributed by atoms with E-state index in [4.69, 9.17) is 4.74 Å². The van der Waals surface area contributed by atoms with Crippen molar-refractivity contribution in [3.8, 4) is 0 Å². The molecule has 0 aliphatic carbocycles. The molecular weight excluding hydrogens is 188 g/mol. The smallest absolute Gasteiger partial charge is 0.0476 e. The van der Waals surface area contributed by atoms with E-state index in [2.05, 4.69) is 23.3 Å². The maximum atomic E-state index is 5.03. The number of pyridine rings is 1. The van der Waals surface area contributed by atoms with Crippen LogP contribution in [-0.2, 0) is 11.2 Å². The van der Waals surface area contributed by atoms with Gasteiger partial charge in [-0.1, -0.05) is 6.07 Å². The summed E-state index contributed by atoms with van der Waals surface area (Å²) < 4.78 is 5.03. The van der Waals surface area contributed by atoms with Gasteiger partial charge in [0.25, 0.3) is 0 Å². The van der Waals surface area contributed by atoms with Gasteiger partial charge in [-0.25, -0.2) is 0 Å². The fourth-order valence-electron chi connectivity index (χ4n) is 1.41. The molecule has 0 saturated carbocycles. The number of methoxy groups -OCH3 is 1. The van der Waals surface area contributed by atoms with E-state index in [1.54, 1.807) is 13.3 Å². The quantitative estimate of drug-likeness (QED) is 0.739. The molecular formula is C12H20N2O. The summed E-state index contributed by atoms with van der Waals surface area (Å²) in [5, 5.41) is 3.46. The standard InChI is InChI=1S/C12H20N2O/c1-11(6-9-15-2)14-8-5-12-4-3-7-13-10-12/h3-4,7,10-11,14H,5-6,8-9H2,1-2H3. The van der Waals surface area contributed by atoms with Crippen LogP contribution in [0.1, 0.15) is 18.9 Å². The van der Waals surface area contributed by atoms with Crippen molar-refractivity contribution in [3.63, 3.8) is 0 Å².